The second-order valence-electron chi connectivity index (χ2n) is 4.08. The molecule has 2 heterocycles. The molecule has 19 heavy (non-hydrogen) atoms. The summed E-state index contributed by atoms with van der Waals surface area (Å²) in [5, 5.41) is 0. The van der Waals surface area contributed by atoms with Crippen molar-refractivity contribution in [2.45, 2.75) is 6.61 Å². The number of pyridine rings is 1. The Labute approximate surface area is 111 Å². The first-order valence-electron chi connectivity index (χ1n) is 6.04. The Morgan fingerprint density at radius 2 is 1.89 bits per heavy atom. The first-order valence-corrected chi connectivity index (χ1v) is 6.04. The summed E-state index contributed by atoms with van der Waals surface area (Å²) in [6, 6.07) is 15.7. The Hall–Kier alpha value is -2.62. The Morgan fingerprint density at radius 1 is 1.00 bits per heavy atom. The molecule has 3 aromatic rings. The standard InChI is InChI=1S/C15H13N3O/c1-2-5-13(6-3-1)11-19-15-8-4-7-14(17-15)18-10-9-16-12-18/h1-10,12H,11H2. The van der Waals surface area contributed by atoms with E-state index in [4.69, 9.17) is 4.74 Å². The van der Waals surface area contributed by atoms with Crippen molar-refractivity contribution in [3.8, 4) is 11.7 Å². The van der Waals surface area contributed by atoms with Gasteiger partial charge < -0.3 is 4.74 Å². The molecule has 0 aliphatic heterocycles. The monoisotopic (exact) mass is 251 g/mol. The number of imidazole rings is 1. The number of aromatic nitrogens is 3. The summed E-state index contributed by atoms with van der Waals surface area (Å²) < 4.78 is 7.53. The molecule has 2 aromatic heterocycles. The fourth-order valence-corrected chi connectivity index (χ4v) is 1.75. The van der Waals surface area contributed by atoms with Gasteiger partial charge in [0.05, 0.1) is 0 Å². The molecule has 0 aliphatic rings. The molecule has 0 saturated carbocycles. The van der Waals surface area contributed by atoms with Gasteiger partial charge in [-0.25, -0.2) is 4.98 Å². The normalized spacial score (nSPS) is 10.3. The van der Waals surface area contributed by atoms with E-state index in [1.807, 2.05) is 59.3 Å². The van der Waals surface area contributed by atoms with Gasteiger partial charge in [0.15, 0.2) is 0 Å². The molecular formula is C15H13N3O. The molecule has 0 spiro atoms. The predicted molar refractivity (Wildman–Crippen MR) is 72.1 cm³/mol. The van der Waals surface area contributed by atoms with Crippen LogP contribution in [0.15, 0.2) is 67.3 Å². The van der Waals surface area contributed by atoms with Crippen molar-refractivity contribution in [2.75, 3.05) is 0 Å². The third-order valence-corrected chi connectivity index (χ3v) is 2.71. The first-order chi connectivity index (χ1) is 9.42. The number of benzene rings is 1. The van der Waals surface area contributed by atoms with Crippen LogP contribution in [0.25, 0.3) is 5.82 Å². The third kappa shape index (κ3) is 2.80. The molecule has 94 valence electrons. The summed E-state index contributed by atoms with van der Waals surface area (Å²) in [4.78, 5) is 8.43. The minimum Gasteiger partial charge on any atom is -0.473 e. The van der Waals surface area contributed by atoms with Gasteiger partial charge >= 0.3 is 0 Å². The van der Waals surface area contributed by atoms with Crippen LogP contribution in [0.4, 0.5) is 0 Å². The van der Waals surface area contributed by atoms with E-state index in [2.05, 4.69) is 9.97 Å². The molecule has 0 saturated heterocycles. The van der Waals surface area contributed by atoms with Gasteiger partial charge in [0, 0.05) is 18.5 Å². The zero-order valence-corrected chi connectivity index (χ0v) is 10.3. The van der Waals surface area contributed by atoms with Crippen molar-refractivity contribution in [1.82, 2.24) is 14.5 Å². The molecule has 0 bridgehead atoms. The zero-order valence-electron chi connectivity index (χ0n) is 10.3. The number of hydrogen-bond acceptors (Lipinski definition) is 3. The SMILES string of the molecule is c1ccc(COc2cccc(-n3ccnc3)n2)cc1. The quantitative estimate of drug-likeness (QED) is 0.715. The minimum atomic E-state index is 0.515. The number of nitrogens with zero attached hydrogens (tertiary/aromatic N) is 3. The second kappa shape index (κ2) is 5.35. The Bertz CT molecular complexity index is 636. The Kier molecular flexibility index (Phi) is 3.23. The second-order valence-corrected chi connectivity index (χ2v) is 4.08. The smallest absolute Gasteiger partial charge is 0.215 e. The number of hydrogen-bond donors (Lipinski definition) is 0. The van der Waals surface area contributed by atoms with Crippen LogP contribution in [-0.4, -0.2) is 14.5 Å². The van der Waals surface area contributed by atoms with E-state index < -0.39 is 0 Å². The molecule has 0 fully saturated rings. The van der Waals surface area contributed by atoms with Crippen LogP contribution in [0.2, 0.25) is 0 Å². The van der Waals surface area contributed by atoms with Crippen molar-refractivity contribution < 1.29 is 4.74 Å². The van der Waals surface area contributed by atoms with E-state index in [0.29, 0.717) is 12.5 Å². The van der Waals surface area contributed by atoms with Gasteiger partial charge in [-0.05, 0) is 11.6 Å². The van der Waals surface area contributed by atoms with Crippen LogP contribution in [-0.2, 0) is 6.61 Å². The molecule has 1 aromatic carbocycles. The number of rotatable bonds is 4. The average molecular weight is 251 g/mol. The van der Waals surface area contributed by atoms with Crippen LogP contribution < -0.4 is 4.74 Å². The lowest BCUT2D eigenvalue weighted by molar-refractivity contribution is 0.293. The predicted octanol–water partition coefficient (Wildman–Crippen LogP) is 2.85. The van der Waals surface area contributed by atoms with Gasteiger partial charge in [-0.1, -0.05) is 36.4 Å². The minimum absolute atomic E-state index is 0.515. The van der Waals surface area contributed by atoms with Crippen molar-refractivity contribution >= 4 is 0 Å². The molecule has 3 rings (SSSR count). The van der Waals surface area contributed by atoms with Crippen molar-refractivity contribution in [1.29, 1.82) is 0 Å². The van der Waals surface area contributed by atoms with Crippen LogP contribution in [0.5, 0.6) is 5.88 Å². The molecule has 0 N–H and O–H groups in total. The van der Waals surface area contributed by atoms with Crippen LogP contribution in [0.1, 0.15) is 5.56 Å². The molecular weight excluding hydrogens is 238 g/mol. The largest absolute Gasteiger partial charge is 0.473 e. The maximum Gasteiger partial charge on any atom is 0.215 e. The van der Waals surface area contributed by atoms with E-state index in [-0.39, 0.29) is 0 Å². The molecule has 0 aliphatic carbocycles. The lowest BCUT2D eigenvalue weighted by Gasteiger charge is -2.07. The van der Waals surface area contributed by atoms with Gasteiger partial charge in [-0.15, -0.1) is 0 Å². The van der Waals surface area contributed by atoms with Gasteiger partial charge in [0.1, 0.15) is 18.8 Å². The van der Waals surface area contributed by atoms with Gasteiger partial charge in [-0.3, -0.25) is 4.57 Å². The molecule has 0 radical (unpaired) electrons. The van der Waals surface area contributed by atoms with E-state index in [0.717, 1.165) is 11.4 Å². The summed E-state index contributed by atoms with van der Waals surface area (Å²) in [6.07, 6.45) is 5.28. The highest BCUT2D eigenvalue weighted by atomic mass is 16.5. The van der Waals surface area contributed by atoms with Gasteiger partial charge in [0.2, 0.25) is 5.88 Å². The molecule has 0 atom stereocenters. The van der Waals surface area contributed by atoms with Crippen molar-refractivity contribution in [3.05, 3.63) is 72.8 Å². The zero-order chi connectivity index (χ0) is 12.9. The van der Waals surface area contributed by atoms with Crippen LogP contribution in [0.3, 0.4) is 0 Å². The maximum absolute atomic E-state index is 5.69. The number of ether oxygens (including phenoxy) is 1. The fraction of sp³-hybridized carbons (Fsp3) is 0.0667. The third-order valence-electron chi connectivity index (χ3n) is 2.71. The van der Waals surface area contributed by atoms with E-state index in [1.54, 1.807) is 12.5 Å². The van der Waals surface area contributed by atoms with Gasteiger partial charge in [0.25, 0.3) is 0 Å². The summed E-state index contributed by atoms with van der Waals surface area (Å²) in [6.45, 7) is 0.515. The van der Waals surface area contributed by atoms with E-state index >= 15 is 0 Å². The van der Waals surface area contributed by atoms with E-state index in [9.17, 15) is 0 Å². The molecule has 0 amide bonds. The summed E-state index contributed by atoms with van der Waals surface area (Å²) >= 11 is 0. The summed E-state index contributed by atoms with van der Waals surface area (Å²) in [7, 11) is 0. The Balaban J connectivity index is 1.74. The van der Waals surface area contributed by atoms with E-state index in [1.165, 1.54) is 0 Å². The van der Waals surface area contributed by atoms with Crippen LogP contribution in [0, 0.1) is 0 Å². The molecule has 0 unspecified atom stereocenters. The highest BCUT2D eigenvalue weighted by Crippen LogP contribution is 2.12. The lowest BCUT2D eigenvalue weighted by atomic mass is 10.2. The van der Waals surface area contributed by atoms with Crippen LogP contribution >= 0.6 is 0 Å². The lowest BCUT2D eigenvalue weighted by Crippen LogP contribution is -2.00. The summed E-state index contributed by atoms with van der Waals surface area (Å²) in [5.74, 6) is 1.40. The van der Waals surface area contributed by atoms with Crippen molar-refractivity contribution in [3.63, 3.8) is 0 Å². The average Bonchev–Trinajstić information content (AvgIpc) is 3.01. The summed E-state index contributed by atoms with van der Waals surface area (Å²) in [5.41, 5.74) is 1.12. The molecule has 4 nitrogen and oxygen atoms in total. The Morgan fingerprint density at radius 3 is 2.68 bits per heavy atom. The highest BCUT2D eigenvalue weighted by molar-refractivity contribution is 5.27. The first kappa shape index (κ1) is 11.5. The fourth-order valence-electron chi connectivity index (χ4n) is 1.75. The van der Waals surface area contributed by atoms with Gasteiger partial charge in [-0.2, -0.15) is 4.98 Å². The molecule has 4 heteroatoms. The highest BCUT2D eigenvalue weighted by Gasteiger charge is 2.01. The maximum atomic E-state index is 5.69. The topological polar surface area (TPSA) is 39.9 Å². The van der Waals surface area contributed by atoms with Crippen molar-refractivity contribution in [2.24, 2.45) is 0 Å².